The number of nitrogens with one attached hydrogen (secondary N) is 3. The van der Waals surface area contributed by atoms with Crippen molar-refractivity contribution in [3.05, 3.63) is 187 Å². The highest BCUT2D eigenvalue weighted by Crippen LogP contribution is 2.30. The number of piperidine rings is 2. The maximum Gasteiger partial charge on any atom is 0.275 e. The van der Waals surface area contributed by atoms with Gasteiger partial charge in [-0.25, -0.2) is 15.0 Å². The van der Waals surface area contributed by atoms with Gasteiger partial charge in [0.2, 0.25) is 0 Å². The third kappa shape index (κ3) is 14.9. The van der Waals surface area contributed by atoms with Crippen LogP contribution >= 0.6 is 15.9 Å². The van der Waals surface area contributed by atoms with Crippen molar-refractivity contribution in [1.29, 1.82) is 0 Å². The van der Waals surface area contributed by atoms with Crippen LogP contribution in [0, 0.1) is 0 Å². The van der Waals surface area contributed by atoms with Crippen molar-refractivity contribution in [1.82, 2.24) is 74.2 Å². The summed E-state index contributed by atoms with van der Waals surface area (Å²) in [7, 11) is 0. The number of hydrogen-bond donors (Lipinski definition) is 3. The molecule has 0 spiro atoms. The highest BCUT2D eigenvalue weighted by Gasteiger charge is 2.20. The number of carbonyl (C=O) groups excluding carboxylic acids is 3. The molecule has 24 heteroatoms. The molecule has 476 valence electrons. The van der Waals surface area contributed by atoms with E-state index < -0.39 is 0 Å². The first-order chi connectivity index (χ1) is 45.7. The summed E-state index contributed by atoms with van der Waals surface area (Å²) >= 11 is 3.45. The number of rotatable bonds is 14. The van der Waals surface area contributed by atoms with Gasteiger partial charge in [0.25, 0.3) is 17.7 Å². The second kappa shape index (κ2) is 28.8. The Kier molecular flexibility index (Phi) is 19.4. The van der Waals surface area contributed by atoms with E-state index >= 15 is 0 Å². The topological polar surface area (TPSA) is 263 Å². The summed E-state index contributed by atoms with van der Waals surface area (Å²) in [6.45, 7) is 16.6. The minimum atomic E-state index is -0.322. The van der Waals surface area contributed by atoms with Crippen LogP contribution < -0.4 is 25.8 Å². The van der Waals surface area contributed by atoms with Crippen molar-refractivity contribution in [2.75, 3.05) is 51.9 Å². The van der Waals surface area contributed by atoms with Crippen molar-refractivity contribution in [3.8, 4) is 34.6 Å². The minimum absolute atomic E-state index is 0.200. The van der Waals surface area contributed by atoms with Crippen LogP contribution in [0.1, 0.15) is 130 Å². The van der Waals surface area contributed by atoms with Gasteiger partial charge in [0.1, 0.15) is 70.6 Å². The number of nitrogens with zero attached hydrogens (tertiary/aromatic N) is 17. The quantitative estimate of drug-likeness (QED) is 0.0913. The molecule has 0 bridgehead atoms. The first-order valence-corrected chi connectivity index (χ1v) is 32.4. The summed E-state index contributed by atoms with van der Waals surface area (Å²) in [4.78, 5) is 70.1. The van der Waals surface area contributed by atoms with Crippen LogP contribution in [0.2, 0.25) is 0 Å². The Morgan fingerprint density at radius 2 is 0.723 bits per heavy atom. The summed E-state index contributed by atoms with van der Waals surface area (Å²) < 4.78 is 6.76. The first kappa shape index (κ1) is 63.4. The molecule has 3 aromatic carbocycles. The van der Waals surface area contributed by atoms with Crippen LogP contribution in [0.4, 0.5) is 28.8 Å². The van der Waals surface area contributed by atoms with Crippen LogP contribution in [0.3, 0.4) is 0 Å². The van der Waals surface area contributed by atoms with Gasteiger partial charge in [-0.1, -0.05) is 52.3 Å². The molecule has 2 aliphatic heterocycles. The highest BCUT2D eigenvalue weighted by atomic mass is 79.9. The summed E-state index contributed by atoms with van der Waals surface area (Å²) in [6, 6.07) is 40.9. The molecule has 2 fully saturated rings. The van der Waals surface area contributed by atoms with Gasteiger partial charge in [0.05, 0.1) is 0 Å². The van der Waals surface area contributed by atoms with E-state index in [-0.39, 0.29) is 35.8 Å². The van der Waals surface area contributed by atoms with E-state index in [1.165, 1.54) is 49.9 Å². The fourth-order valence-corrected chi connectivity index (χ4v) is 11.7. The molecule has 94 heavy (non-hydrogen) atoms. The summed E-state index contributed by atoms with van der Waals surface area (Å²) in [5.74, 6) is 2.38. The molecule has 0 saturated carbocycles. The average molecular weight is 1320 g/mol. The third-order valence-corrected chi connectivity index (χ3v) is 16.8. The maximum absolute atomic E-state index is 13.0. The van der Waals surface area contributed by atoms with E-state index in [2.05, 4.69) is 166 Å². The van der Waals surface area contributed by atoms with E-state index in [1.807, 2.05) is 94.3 Å². The Hall–Kier alpha value is -10.8. The fourth-order valence-electron chi connectivity index (χ4n) is 11.3. The van der Waals surface area contributed by atoms with Gasteiger partial charge in [-0.3, -0.25) is 29.3 Å². The Labute approximate surface area is 551 Å². The lowest BCUT2D eigenvalue weighted by atomic mass is 10.1. The lowest BCUT2D eigenvalue weighted by Crippen LogP contribution is -2.29. The van der Waals surface area contributed by atoms with Gasteiger partial charge in [0, 0.05) is 94.9 Å². The Morgan fingerprint density at radius 1 is 0.394 bits per heavy atom. The number of benzene rings is 3. The number of aromatic nitrogens is 15. The molecule has 2 saturated heterocycles. The van der Waals surface area contributed by atoms with Crippen molar-refractivity contribution in [2.45, 2.75) is 98.2 Å². The number of hydrogen-bond acceptors (Lipinski definition) is 17. The van der Waals surface area contributed by atoms with E-state index in [0.717, 1.165) is 63.0 Å². The number of halogens is 1. The van der Waals surface area contributed by atoms with Crippen LogP contribution in [-0.4, -0.2) is 118 Å². The summed E-state index contributed by atoms with van der Waals surface area (Å²) in [5.41, 5.74) is 5.37. The third-order valence-electron chi connectivity index (χ3n) is 16.3. The van der Waals surface area contributed by atoms with Crippen molar-refractivity contribution in [3.63, 3.8) is 0 Å². The molecule has 2 aliphatic rings. The monoisotopic (exact) mass is 1320 g/mol. The van der Waals surface area contributed by atoms with Crippen molar-refractivity contribution in [2.24, 2.45) is 0 Å². The van der Waals surface area contributed by atoms with Crippen molar-refractivity contribution < 1.29 is 14.4 Å². The normalized spacial score (nSPS) is 13.2. The van der Waals surface area contributed by atoms with Crippen LogP contribution in [0.15, 0.2) is 169 Å². The van der Waals surface area contributed by atoms with Gasteiger partial charge in [-0.05, 0) is 187 Å². The predicted molar refractivity (Wildman–Crippen MR) is 370 cm³/mol. The lowest BCUT2D eigenvalue weighted by Gasteiger charge is -2.29. The second-order valence-corrected chi connectivity index (χ2v) is 24.8. The molecule has 12 aromatic rings. The lowest BCUT2D eigenvalue weighted by molar-refractivity contribution is 0.101. The molecule has 9 aromatic heterocycles. The molecule has 0 aliphatic carbocycles. The number of amides is 3. The molecule has 0 atom stereocenters. The van der Waals surface area contributed by atoms with E-state index in [0.29, 0.717) is 69.1 Å². The minimum Gasteiger partial charge on any atom is -0.372 e. The maximum atomic E-state index is 13.0. The zero-order chi connectivity index (χ0) is 65.2. The van der Waals surface area contributed by atoms with Crippen LogP contribution in [0.25, 0.3) is 66.9 Å². The summed E-state index contributed by atoms with van der Waals surface area (Å²) in [6.07, 6.45) is 17.7. The van der Waals surface area contributed by atoms with Gasteiger partial charge in [-0.2, -0.15) is 0 Å². The largest absolute Gasteiger partial charge is 0.372 e. The van der Waals surface area contributed by atoms with Gasteiger partial charge in [-0.15, -0.1) is 30.6 Å². The van der Waals surface area contributed by atoms with Gasteiger partial charge < -0.3 is 39.5 Å². The van der Waals surface area contributed by atoms with E-state index in [9.17, 15) is 14.4 Å². The molecule has 14 rings (SSSR count). The zero-order valence-electron chi connectivity index (χ0n) is 53.1. The second-order valence-electron chi connectivity index (χ2n) is 23.9. The molecule has 23 nitrogen and oxygen atoms in total. The molecule has 0 radical (unpaired) electrons. The first-order valence-electron chi connectivity index (χ1n) is 31.6. The number of pyridine rings is 6. The van der Waals surface area contributed by atoms with Crippen molar-refractivity contribution >= 4 is 94.8 Å². The molecule has 3 amide bonds. The Morgan fingerprint density at radius 3 is 1.06 bits per heavy atom. The summed E-state index contributed by atoms with van der Waals surface area (Å²) in [5, 5.41) is 39.0. The molecule has 11 heterocycles. The van der Waals surface area contributed by atoms with Crippen LogP contribution in [-0.2, 0) is 0 Å². The van der Waals surface area contributed by atoms with E-state index in [1.54, 1.807) is 61.8 Å². The Bertz CT molecular complexity index is 4480. The highest BCUT2D eigenvalue weighted by molar-refractivity contribution is 9.10. The smallest absolute Gasteiger partial charge is 0.275 e. The average Bonchev–Trinajstić information content (AvgIpc) is 1.42. The standard InChI is InChI=1S/2C25H27N7O.C20H17BrN6O/c2*1-17(2)32-16-27-30-24(32)21-7-6-8-23(28-21)29-25(33)22-14-19-13-20(10-9-18(19)15-26-22)31-11-4-3-5-12-31;1-12(2)27-11-23-26-19(27)16-4-3-5-18(24-16)25-20(28)17-9-14-8-15(21)7-6-13(14)10-22-17/h2*6-10,13-17H,3-5,11-12H2,1-2H3,(H,28,29,33);3-12H,1-2H3,(H,24,25,28). The number of carbonyl (C=O) groups is 3. The predicted octanol–water partition coefficient (Wildman–Crippen LogP) is 13.9. The Balaban J connectivity index is 0.000000136. The van der Waals surface area contributed by atoms with E-state index in [4.69, 9.17) is 0 Å². The fraction of sp³-hybridized carbons (Fsp3) is 0.271. The molecule has 0 unspecified atom stereocenters. The van der Waals surface area contributed by atoms with Gasteiger partial charge >= 0.3 is 0 Å². The zero-order valence-corrected chi connectivity index (χ0v) is 54.7. The number of fused-ring (bicyclic) bond motifs is 3. The number of anilines is 5. The van der Waals surface area contributed by atoms with Crippen LogP contribution in [0.5, 0.6) is 0 Å². The SMILES string of the molecule is CC(C)n1cnnc1-c1cccc(NC(=O)c2cc3cc(Br)ccc3cn2)n1.CC(C)n1cnnc1-c1cccc(NC(=O)c2cc3cc(N4CCCCC4)ccc3cn2)n1.CC(C)n1cnnc1-c1cccc(NC(=O)c2cc3cc(N4CCCCC4)ccc3cn2)n1. The molecular formula is C70H71BrN20O3. The molecule has 3 N–H and O–H groups in total. The van der Waals surface area contributed by atoms with Gasteiger partial charge in [0.15, 0.2) is 17.5 Å². The molecular weight excluding hydrogens is 1250 g/mol.